The second-order valence-corrected chi connectivity index (χ2v) is 9.51. The van der Waals surface area contributed by atoms with Crippen LogP contribution in [0.3, 0.4) is 0 Å². The monoisotopic (exact) mass is 477 g/mol. The van der Waals surface area contributed by atoms with Gasteiger partial charge in [0.1, 0.15) is 23.6 Å². The minimum absolute atomic E-state index is 0.0518. The van der Waals surface area contributed by atoms with E-state index in [0.29, 0.717) is 5.82 Å². The van der Waals surface area contributed by atoms with Crippen LogP contribution in [-0.2, 0) is 4.79 Å². The van der Waals surface area contributed by atoms with E-state index in [4.69, 9.17) is 15.6 Å². The molecule has 2 aromatic heterocycles. The quantitative estimate of drug-likeness (QED) is 0.520. The Morgan fingerprint density at radius 1 is 1.20 bits per heavy atom. The van der Waals surface area contributed by atoms with Gasteiger partial charge in [0.15, 0.2) is 5.65 Å². The van der Waals surface area contributed by atoms with Crippen molar-refractivity contribution in [2.45, 2.75) is 44.7 Å². The van der Waals surface area contributed by atoms with Gasteiger partial charge in [0.25, 0.3) is 0 Å². The van der Waals surface area contributed by atoms with Gasteiger partial charge in [0, 0.05) is 31.3 Å². The highest BCUT2D eigenvalue weighted by atomic mass is 16.5. The number of fused-ring (bicyclic) bond motifs is 1. The summed E-state index contributed by atoms with van der Waals surface area (Å²) in [5.41, 5.74) is 9.78. The molecule has 1 fully saturated rings. The maximum absolute atomic E-state index is 12.6. The van der Waals surface area contributed by atoms with Crippen LogP contribution in [0.2, 0.25) is 0 Å². The molecule has 0 radical (unpaired) electrons. The third-order valence-corrected chi connectivity index (χ3v) is 6.84. The van der Waals surface area contributed by atoms with E-state index in [1.54, 1.807) is 13.2 Å². The van der Waals surface area contributed by atoms with Crippen LogP contribution in [0, 0.1) is 6.92 Å². The first kappa shape index (κ1) is 24.7. The van der Waals surface area contributed by atoms with E-state index in [2.05, 4.69) is 9.97 Å². The van der Waals surface area contributed by atoms with Crippen LogP contribution < -0.4 is 10.5 Å². The summed E-state index contributed by atoms with van der Waals surface area (Å²) in [4.78, 5) is 25.3. The number of aromatic nitrogens is 4. The van der Waals surface area contributed by atoms with E-state index in [0.717, 1.165) is 65.8 Å². The number of nitrogen functional groups attached to an aromatic ring is 1. The van der Waals surface area contributed by atoms with Gasteiger partial charge in [0.05, 0.1) is 18.5 Å². The van der Waals surface area contributed by atoms with Gasteiger partial charge in [-0.05, 0) is 58.3 Å². The topological polar surface area (TPSA) is 102 Å². The third kappa shape index (κ3) is 5.14. The number of benzene rings is 1. The lowest BCUT2D eigenvalue weighted by Gasteiger charge is -2.34. The van der Waals surface area contributed by atoms with Crippen molar-refractivity contribution in [2.24, 2.45) is 0 Å². The Bertz CT molecular complexity index is 1230. The van der Waals surface area contributed by atoms with E-state index < -0.39 is 0 Å². The van der Waals surface area contributed by atoms with Crippen molar-refractivity contribution in [1.82, 2.24) is 29.5 Å². The normalized spacial score (nSPS) is 18.5. The number of nitrogens with two attached hydrogens (primary N) is 1. The molecule has 4 rings (SSSR count). The molecule has 1 aromatic carbocycles. The average molecular weight is 478 g/mol. The van der Waals surface area contributed by atoms with Gasteiger partial charge in [-0.15, -0.1) is 0 Å². The SMILES string of the molecule is COc1cc(-c2nn([C@H]3CC[C@@H](N(C)C(=O)/C=C/CN(C)C)CC3)c3ncnc(N)c23)ccc1C. The number of carbonyl (C=O) groups excluding carboxylic acids is 1. The minimum Gasteiger partial charge on any atom is -0.496 e. The molecular weight excluding hydrogens is 442 g/mol. The van der Waals surface area contributed by atoms with Crippen LogP contribution >= 0.6 is 0 Å². The molecule has 0 aliphatic heterocycles. The van der Waals surface area contributed by atoms with Crippen molar-refractivity contribution in [3.05, 3.63) is 42.2 Å². The number of hydrogen-bond acceptors (Lipinski definition) is 7. The maximum Gasteiger partial charge on any atom is 0.246 e. The lowest BCUT2D eigenvalue weighted by Crippen LogP contribution is -2.39. The fraction of sp³-hybridized carbons (Fsp3) is 0.462. The molecule has 2 heterocycles. The number of carbonyl (C=O) groups is 1. The summed E-state index contributed by atoms with van der Waals surface area (Å²) in [6, 6.07) is 6.42. The van der Waals surface area contributed by atoms with E-state index in [9.17, 15) is 4.79 Å². The first-order valence-electron chi connectivity index (χ1n) is 12.0. The Hall–Kier alpha value is -3.46. The Morgan fingerprint density at radius 2 is 1.94 bits per heavy atom. The predicted octanol–water partition coefficient (Wildman–Crippen LogP) is 3.45. The van der Waals surface area contributed by atoms with Crippen LogP contribution in [0.15, 0.2) is 36.7 Å². The van der Waals surface area contributed by atoms with Crippen LogP contribution in [0.1, 0.15) is 37.3 Å². The zero-order chi connectivity index (χ0) is 25.1. The van der Waals surface area contributed by atoms with Crippen molar-refractivity contribution >= 4 is 22.8 Å². The van der Waals surface area contributed by atoms with Crippen molar-refractivity contribution in [3.8, 4) is 17.0 Å². The molecule has 0 bridgehead atoms. The number of likely N-dealkylation sites (N-methyl/N-ethyl adjacent to an activating group) is 2. The number of hydrogen-bond donors (Lipinski definition) is 1. The number of ether oxygens (including phenoxy) is 1. The lowest BCUT2D eigenvalue weighted by atomic mass is 9.90. The highest BCUT2D eigenvalue weighted by Gasteiger charge is 2.29. The Labute approximate surface area is 206 Å². The molecular formula is C26H35N7O2. The molecule has 0 atom stereocenters. The van der Waals surface area contributed by atoms with Crippen LogP contribution in [0.25, 0.3) is 22.3 Å². The molecule has 1 aliphatic carbocycles. The van der Waals surface area contributed by atoms with E-state index in [-0.39, 0.29) is 18.0 Å². The van der Waals surface area contributed by atoms with Gasteiger partial charge in [0.2, 0.25) is 5.91 Å². The first-order valence-corrected chi connectivity index (χ1v) is 12.0. The second-order valence-electron chi connectivity index (χ2n) is 9.51. The molecule has 1 saturated carbocycles. The Kier molecular flexibility index (Phi) is 7.35. The summed E-state index contributed by atoms with van der Waals surface area (Å²) in [5, 5.41) is 5.76. The predicted molar refractivity (Wildman–Crippen MR) is 138 cm³/mol. The number of methoxy groups -OCH3 is 1. The van der Waals surface area contributed by atoms with Gasteiger partial charge >= 0.3 is 0 Å². The molecule has 9 heteroatoms. The van der Waals surface area contributed by atoms with Crippen LogP contribution in [0.5, 0.6) is 5.75 Å². The second kappa shape index (κ2) is 10.4. The smallest absolute Gasteiger partial charge is 0.246 e. The number of amides is 1. The zero-order valence-corrected chi connectivity index (χ0v) is 21.2. The summed E-state index contributed by atoms with van der Waals surface area (Å²) < 4.78 is 7.53. The number of aryl methyl sites for hydroxylation is 1. The maximum atomic E-state index is 12.6. The van der Waals surface area contributed by atoms with Gasteiger partial charge in [-0.25, -0.2) is 14.6 Å². The summed E-state index contributed by atoms with van der Waals surface area (Å²) in [5.74, 6) is 1.27. The van der Waals surface area contributed by atoms with Gasteiger partial charge in [-0.1, -0.05) is 18.2 Å². The van der Waals surface area contributed by atoms with Crippen LogP contribution in [0.4, 0.5) is 5.82 Å². The highest BCUT2D eigenvalue weighted by Crippen LogP contribution is 2.37. The van der Waals surface area contributed by atoms with Crippen molar-refractivity contribution in [3.63, 3.8) is 0 Å². The number of rotatable bonds is 7. The molecule has 1 aliphatic rings. The Morgan fingerprint density at radius 3 is 2.63 bits per heavy atom. The molecule has 9 nitrogen and oxygen atoms in total. The minimum atomic E-state index is 0.0518. The summed E-state index contributed by atoms with van der Waals surface area (Å²) in [6.07, 6.45) is 8.70. The standard InChI is InChI=1S/C26H35N7O2/c1-17-8-9-18(15-21(17)35-5)24-23-25(27)28-16-29-26(23)33(30-24)20-12-10-19(11-13-20)32(4)22(34)7-6-14-31(2)3/h6-9,15-16,19-20H,10-14H2,1-5H3,(H2,27,28,29)/b7-6+/t19-,20+. The zero-order valence-electron chi connectivity index (χ0n) is 21.2. The molecule has 186 valence electrons. The van der Waals surface area contributed by atoms with E-state index in [1.807, 2.05) is 66.8 Å². The van der Waals surface area contributed by atoms with Gasteiger partial charge in [-0.2, -0.15) is 5.10 Å². The molecule has 35 heavy (non-hydrogen) atoms. The highest BCUT2D eigenvalue weighted by molar-refractivity contribution is 5.98. The lowest BCUT2D eigenvalue weighted by molar-refractivity contribution is -0.127. The molecule has 1 amide bonds. The first-order chi connectivity index (χ1) is 16.8. The van der Waals surface area contributed by atoms with Crippen molar-refractivity contribution in [2.75, 3.05) is 40.5 Å². The number of anilines is 1. The summed E-state index contributed by atoms with van der Waals surface area (Å²) >= 11 is 0. The summed E-state index contributed by atoms with van der Waals surface area (Å²) in [6.45, 7) is 2.76. The van der Waals surface area contributed by atoms with Crippen molar-refractivity contribution < 1.29 is 9.53 Å². The van der Waals surface area contributed by atoms with E-state index >= 15 is 0 Å². The third-order valence-electron chi connectivity index (χ3n) is 6.84. The average Bonchev–Trinajstić information content (AvgIpc) is 3.24. The Balaban J connectivity index is 1.56. The molecule has 0 spiro atoms. The fourth-order valence-corrected chi connectivity index (χ4v) is 4.77. The number of nitrogens with zero attached hydrogens (tertiary/aromatic N) is 6. The fourth-order valence-electron chi connectivity index (χ4n) is 4.77. The van der Waals surface area contributed by atoms with Gasteiger partial charge < -0.3 is 20.3 Å². The molecule has 3 aromatic rings. The van der Waals surface area contributed by atoms with Crippen molar-refractivity contribution in [1.29, 1.82) is 0 Å². The summed E-state index contributed by atoms with van der Waals surface area (Å²) in [7, 11) is 7.53. The van der Waals surface area contributed by atoms with Gasteiger partial charge in [-0.3, -0.25) is 4.79 Å². The largest absolute Gasteiger partial charge is 0.496 e. The molecule has 0 unspecified atom stereocenters. The van der Waals surface area contributed by atoms with Crippen LogP contribution in [-0.4, -0.2) is 76.3 Å². The van der Waals surface area contributed by atoms with E-state index in [1.165, 1.54) is 6.33 Å². The molecule has 0 saturated heterocycles. The molecule has 2 N–H and O–H groups in total.